The molecule has 0 aliphatic rings. The molecule has 3 N–H and O–H groups in total. The van der Waals surface area contributed by atoms with E-state index in [1.165, 1.54) is 6.26 Å². The van der Waals surface area contributed by atoms with Crippen molar-refractivity contribution in [3.8, 4) is 17.0 Å². The van der Waals surface area contributed by atoms with E-state index in [9.17, 15) is 5.11 Å². The van der Waals surface area contributed by atoms with Gasteiger partial charge >= 0.3 is 0 Å². The van der Waals surface area contributed by atoms with E-state index in [0.29, 0.717) is 12.2 Å². The quantitative estimate of drug-likeness (QED) is 0.752. The first-order valence-electron chi connectivity index (χ1n) is 4.24. The van der Waals surface area contributed by atoms with Crippen molar-refractivity contribution >= 4 is 0 Å². The summed E-state index contributed by atoms with van der Waals surface area (Å²) in [7, 11) is 0. The van der Waals surface area contributed by atoms with E-state index < -0.39 is 0 Å². The van der Waals surface area contributed by atoms with Crippen LogP contribution in [-0.4, -0.2) is 10.3 Å². The maximum atomic E-state index is 9.29. The Hall–Kier alpha value is -1.81. The molecular weight excluding hydrogens is 180 g/mol. The Morgan fingerprint density at radius 3 is 3.00 bits per heavy atom. The summed E-state index contributed by atoms with van der Waals surface area (Å²) in [5, 5.41) is 13.1. The third-order valence-corrected chi connectivity index (χ3v) is 1.98. The van der Waals surface area contributed by atoms with Gasteiger partial charge in [-0.3, -0.25) is 0 Å². The Labute approximate surface area is 81.0 Å². The fourth-order valence-corrected chi connectivity index (χ4v) is 1.29. The van der Waals surface area contributed by atoms with Crippen molar-refractivity contribution in [2.75, 3.05) is 0 Å². The van der Waals surface area contributed by atoms with Crippen LogP contribution in [0.4, 0.5) is 0 Å². The molecule has 14 heavy (non-hydrogen) atoms. The van der Waals surface area contributed by atoms with Gasteiger partial charge in [0.15, 0.2) is 0 Å². The van der Waals surface area contributed by atoms with Crippen molar-refractivity contribution in [2.24, 2.45) is 5.73 Å². The van der Waals surface area contributed by atoms with Gasteiger partial charge in [0, 0.05) is 17.7 Å². The van der Waals surface area contributed by atoms with Gasteiger partial charge in [-0.05, 0) is 12.1 Å². The molecule has 1 aromatic carbocycles. The van der Waals surface area contributed by atoms with Gasteiger partial charge in [-0.15, -0.1) is 0 Å². The van der Waals surface area contributed by atoms with Gasteiger partial charge in [0.25, 0.3) is 0 Å². The number of phenolic OH excluding ortho intramolecular Hbond substituents is 1. The van der Waals surface area contributed by atoms with Crippen molar-refractivity contribution in [3.05, 3.63) is 36.1 Å². The Kier molecular flexibility index (Phi) is 2.20. The van der Waals surface area contributed by atoms with Gasteiger partial charge in [-0.1, -0.05) is 17.3 Å². The Morgan fingerprint density at radius 1 is 1.43 bits per heavy atom. The lowest BCUT2D eigenvalue weighted by Gasteiger charge is -1.98. The van der Waals surface area contributed by atoms with Crippen LogP contribution in [0.5, 0.6) is 5.75 Å². The zero-order valence-corrected chi connectivity index (χ0v) is 7.47. The third kappa shape index (κ3) is 1.47. The van der Waals surface area contributed by atoms with Crippen molar-refractivity contribution in [1.82, 2.24) is 5.16 Å². The lowest BCUT2D eigenvalue weighted by Crippen LogP contribution is -1.96. The molecule has 0 fully saturated rings. The highest BCUT2D eigenvalue weighted by Gasteiger charge is 2.08. The number of hydrogen-bond acceptors (Lipinski definition) is 4. The highest BCUT2D eigenvalue weighted by atomic mass is 16.5. The average Bonchev–Trinajstić information content (AvgIpc) is 2.65. The van der Waals surface area contributed by atoms with E-state index in [1.807, 2.05) is 6.07 Å². The van der Waals surface area contributed by atoms with Crippen molar-refractivity contribution in [2.45, 2.75) is 6.54 Å². The number of hydrogen-bond donors (Lipinski definition) is 2. The lowest BCUT2D eigenvalue weighted by atomic mass is 10.1. The molecule has 0 unspecified atom stereocenters. The van der Waals surface area contributed by atoms with Gasteiger partial charge in [0.1, 0.15) is 17.7 Å². The topological polar surface area (TPSA) is 72.3 Å². The van der Waals surface area contributed by atoms with Gasteiger partial charge in [-0.2, -0.15) is 0 Å². The minimum Gasteiger partial charge on any atom is -0.508 e. The molecule has 0 saturated heterocycles. The number of aromatic hydroxyl groups is 1. The highest BCUT2D eigenvalue weighted by molar-refractivity contribution is 5.63. The lowest BCUT2D eigenvalue weighted by molar-refractivity contribution is 0.421. The number of nitrogens with zero attached hydrogens (tertiary/aromatic N) is 1. The summed E-state index contributed by atoms with van der Waals surface area (Å²) in [5.41, 5.74) is 7.83. The average molecular weight is 190 g/mol. The zero-order chi connectivity index (χ0) is 9.97. The predicted octanol–water partition coefficient (Wildman–Crippen LogP) is 1.51. The van der Waals surface area contributed by atoms with Gasteiger partial charge in [0.2, 0.25) is 0 Å². The maximum absolute atomic E-state index is 9.29. The van der Waals surface area contributed by atoms with Crippen LogP contribution in [0.3, 0.4) is 0 Å². The number of rotatable bonds is 2. The number of aromatic nitrogens is 1. The molecule has 0 aliphatic heterocycles. The van der Waals surface area contributed by atoms with E-state index in [2.05, 4.69) is 5.16 Å². The van der Waals surface area contributed by atoms with Gasteiger partial charge in [0.05, 0.1) is 0 Å². The van der Waals surface area contributed by atoms with Gasteiger partial charge in [-0.25, -0.2) is 0 Å². The fraction of sp³-hybridized carbons (Fsp3) is 0.100. The molecule has 0 spiro atoms. The van der Waals surface area contributed by atoms with E-state index in [0.717, 1.165) is 11.1 Å². The molecule has 0 bridgehead atoms. The molecule has 4 nitrogen and oxygen atoms in total. The molecule has 0 atom stereocenters. The fourth-order valence-electron chi connectivity index (χ4n) is 1.29. The number of nitrogens with two attached hydrogens (primary N) is 1. The summed E-state index contributed by atoms with van der Waals surface area (Å²) in [5.74, 6) is 0.202. The molecule has 2 rings (SSSR count). The first-order chi connectivity index (χ1) is 6.81. The smallest absolute Gasteiger partial charge is 0.128 e. The van der Waals surface area contributed by atoms with Crippen LogP contribution in [-0.2, 0) is 6.54 Å². The molecule has 0 saturated carbocycles. The second-order valence-electron chi connectivity index (χ2n) is 2.94. The summed E-state index contributed by atoms with van der Waals surface area (Å²) < 4.78 is 4.82. The minimum absolute atomic E-state index is 0.202. The normalized spacial score (nSPS) is 10.4. The summed E-state index contributed by atoms with van der Waals surface area (Å²) >= 11 is 0. The first kappa shape index (κ1) is 8.77. The predicted molar refractivity (Wildman–Crippen MR) is 51.5 cm³/mol. The van der Waals surface area contributed by atoms with Gasteiger partial charge < -0.3 is 15.4 Å². The Morgan fingerprint density at radius 2 is 2.29 bits per heavy atom. The molecule has 0 amide bonds. The van der Waals surface area contributed by atoms with Crippen LogP contribution in [0.15, 0.2) is 35.1 Å². The first-order valence-corrected chi connectivity index (χ1v) is 4.24. The molecule has 4 heteroatoms. The van der Waals surface area contributed by atoms with Crippen molar-refractivity contribution in [3.63, 3.8) is 0 Å². The zero-order valence-electron chi connectivity index (χ0n) is 7.47. The molecule has 0 aliphatic carbocycles. The van der Waals surface area contributed by atoms with Crippen LogP contribution >= 0.6 is 0 Å². The third-order valence-electron chi connectivity index (χ3n) is 1.98. The monoisotopic (exact) mass is 190 g/mol. The number of benzene rings is 1. The van der Waals surface area contributed by atoms with E-state index in [-0.39, 0.29) is 5.75 Å². The SMILES string of the molecule is NCc1conc1-c1cccc(O)c1. The molecule has 2 aromatic rings. The second kappa shape index (κ2) is 3.51. The molecule has 1 aromatic heterocycles. The molecular formula is C10H10N2O2. The Balaban J connectivity index is 2.49. The largest absolute Gasteiger partial charge is 0.508 e. The van der Waals surface area contributed by atoms with E-state index in [1.54, 1.807) is 18.2 Å². The minimum atomic E-state index is 0.202. The summed E-state index contributed by atoms with van der Waals surface area (Å²) in [6, 6.07) is 6.82. The second-order valence-corrected chi connectivity index (χ2v) is 2.94. The molecule has 1 heterocycles. The molecule has 72 valence electrons. The summed E-state index contributed by atoms with van der Waals surface area (Å²) in [6.45, 7) is 0.370. The number of phenols is 1. The van der Waals surface area contributed by atoms with Crippen LogP contribution in [0.25, 0.3) is 11.3 Å². The van der Waals surface area contributed by atoms with Crippen LogP contribution in [0.1, 0.15) is 5.56 Å². The van der Waals surface area contributed by atoms with E-state index >= 15 is 0 Å². The maximum Gasteiger partial charge on any atom is 0.128 e. The van der Waals surface area contributed by atoms with Crippen LogP contribution in [0, 0.1) is 0 Å². The van der Waals surface area contributed by atoms with Crippen LogP contribution in [0.2, 0.25) is 0 Å². The summed E-state index contributed by atoms with van der Waals surface area (Å²) in [6.07, 6.45) is 1.51. The summed E-state index contributed by atoms with van der Waals surface area (Å²) in [4.78, 5) is 0. The van der Waals surface area contributed by atoms with Crippen molar-refractivity contribution < 1.29 is 9.63 Å². The van der Waals surface area contributed by atoms with Crippen molar-refractivity contribution in [1.29, 1.82) is 0 Å². The standard InChI is InChI=1S/C10H10N2O2/c11-5-8-6-14-12-10(8)7-2-1-3-9(13)4-7/h1-4,6,13H,5,11H2. The van der Waals surface area contributed by atoms with Crippen LogP contribution < -0.4 is 5.73 Å². The van der Waals surface area contributed by atoms with E-state index in [4.69, 9.17) is 10.3 Å². The highest BCUT2D eigenvalue weighted by Crippen LogP contribution is 2.24. The molecule has 0 radical (unpaired) electrons. The Bertz CT molecular complexity index is 437.